The van der Waals surface area contributed by atoms with Gasteiger partial charge in [-0.15, -0.1) is 0 Å². The second-order valence-corrected chi connectivity index (χ2v) is 5.68. The van der Waals surface area contributed by atoms with Crippen molar-refractivity contribution in [3.05, 3.63) is 64.7 Å². The van der Waals surface area contributed by atoms with E-state index in [1.165, 1.54) is 0 Å². The number of rotatable bonds is 4. The van der Waals surface area contributed by atoms with Crippen molar-refractivity contribution in [3.63, 3.8) is 0 Å². The monoisotopic (exact) mass is 320 g/mol. The minimum absolute atomic E-state index is 0.495. The number of anilines is 1. The molecular formula is C18H20N6. The Bertz CT molecular complexity index is 860. The third-order valence-electron chi connectivity index (χ3n) is 3.69. The first kappa shape index (κ1) is 15.9. The minimum Gasteiger partial charge on any atom is -0.245 e. The molecule has 0 unspecified atom stereocenters. The van der Waals surface area contributed by atoms with E-state index in [2.05, 4.69) is 25.6 Å². The predicted molar refractivity (Wildman–Crippen MR) is 95.8 cm³/mol. The lowest BCUT2D eigenvalue weighted by Gasteiger charge is -2.03. The molecule has 6 nitrogen and oxygen atoms in total. The number of nitrogens with zero attached hydrogens (tertiary/aromatic N) is 5. The van der Waals surface area contributed by atoms with Crippen LogP contribution in [0.1, 0.15) is 28.3 Å². The van der Waals surface area contributed by atoms with Gasteiger partial charge in [0, 0.05) is 17.0 Å². The van der Waals surface area contributed by atoms with E-state index in [9.17, 15) is 0 Å². The Labute approximate surface area is 141 Å². The molecule has 0 atom stereocenters. The van der Waals surface area contributed by atoms with Crippen molar-refractivity contribution in [2.45, 2.75) is 27.7 Å². The summed E-state index contributed by atoms with van der Waals surface area (Å²) in [5.41, 5.74) is 8.67. The Morgan fingerprint density at radius 1 is 1.00 bits per heavy atom. The van der Waals surface area contributed by atoms with Crippen LogP contribution in [0.3, 0.4) is 0 Å². The Balaban J connectivity index is 1.84. The van der Waals surface area contributed by atoms with E-state index in [1.807, 2.05) is 68.8 Å². The summed E-state index contributed by atoms with van der Waals surface area (Å²) in [6.45, 7) is 7.87. The second-order valence-electron chi connectivity index (χ2n) is 5.68. The zero-order chi connectivity index (χ0) is 17.1. The summed E-state index contributed by atoms with van der Waals surface area (Å²) in [5.74, 6) is 0.495. The fourth-order valence-corrected chi connectivity index (χ4v) is 2.59. The molecule has 3 rings (SSSR count). The number of nitrogens with one attached hydrogen (secondary N) is 1. The van der Waals surface area contributed by atoms with E-state index >= 15 is 0 Å². The van der Waals surface area contributed by atoms with Gasteiger partial charge in [0.15, 0.2) is 0 Å². The van der Waals surface area contributed by atoms with Gasteiger partial charge in [-0.1, -0.05) is 18.2 Å². The predicted octanol–water partition coefficient (Wildman–Crippen LogP) is 3.34. The van der Waals surface area contributed by atoms with E-state index in [0.717, 1.165) is 34.0 Å². The van der Waals surface area contributed by atoms with Crippen LogP contribution in [-0.4, -0.2) is 26.0 Å². The molecule has 2 aromatic heterocycles. The van der Waals surface area contributed by atoms with Gasteiger partial charge in [0.1, 0.15) is 0 Å². The number of hydrazone groups is 1. The number of aromatic nitrogens is 4. The van der Waals surface area contributed by atoms with E-state index in [0.29, 0.717) is 5.95 Å². The summed E-state index contributed by atoms with van der Waals surface area (Å²) < 4.78 is 1.92. The number of hydrogen-bond acceptors (Lipinski definition) is 5. The molecule has 122 valence electrons. The highest BCUT2D eigenvalue weighted by molar-refractivity contribution is 5.83. The smallest absolute Gasteiger partial charge is 0.243 e. The van der Waals surface area contributed by atoms with Crippen LogP contribution < -0.4 is 5.43 Å². The molecule has 2 heterocycles. The quantitative estimate of drug-likeness (QED) is 0.591. The maximum atomic E-state index is 4.60. The summed E-state index contributed by atoms with van der Waals surface area (Å²) >= 11 is 0. The SMILES string of the molecule is Cc1cc(C)nc(N/N=C\c2c(C)nn(-c3ccccc3)c2C)n1. The molecular weight excluding hydrogens is 300 g/mol. The van der Waals surface area contributed by atoms with E-state index in [1.54, 1.807) is 6.21 Å². The third-order valence-corrected chi connectivity index (χ3v) is 3.69. The fourth-order valence-electron chi connectivity index (χ4n) is 2.59. The third kappa shape index (κ3) is 3.32. The van der Waals surface area contributed by atoms with Gasteiger partial charge >= 0.3 is 0 Å². The summed E-state index contributed by atoms with van der Waals surface area (Å²) in [6, 6.07) is 12.0. The maximum Gasteiger partial charge on any atom is 0.243 e. The zero-order valence-electron chi connectivity index (χ0n) is 14.3. The highest BCUT2D eigenvalue weighted by Gasteiger charge is 2.10. The summed E-state index contributed by atoms with van der Waals surface area (Å²) in [7, 11) is 0. The largest absolute Gasteiger partial charge is 0.245 e. The molecule has 0 saturated heterocycles. The molecule has 0 radical (unpaired) electrons. The first-order valence-electron chi connectivity index (χ1n) is 7.77. The maximum absolute atomic E-state index is 4.60. The average Bonchev–Trinajstić information content (AvgIpc) is 2.83. The van der Waals surface area contributed by atoms with E-state index < -0.39 is 0 Å². The van der Waals surface area contributed by atoms with Crippen LogP contribution in [0.25, 0.3) is 5.69 Å². The van der Waals surface area contributed by atoms with Gasteiger partial charge in [0.2, 0.25) is 5.95 Å². The zero-order valence-corrected chi connectivity index (χ0v) is 14.3. The fraction of sp³-hybridized carbons (Fsp3) is 0.222. The molecule has 0 aliphatic carbocycles. The molecule has 0 saturated carbocycles. The van der Waals surface area contributed by atoms with Gasteiger partial charge in [-0.3, -0.25) is 0 Å². The summed E-state index contributed by atoms with van der Waals surface area (Å²) in [5, 5.41) is 8.87. The van der Waals surface area contributed by atoms with Crippen molar-refractivity contribution in [3.8, 4) is 5.69 Å². The first-order chi connectivity index (χ1) is 11.5. The van der Waals surface area contributed by atoms with Crippen molar-refractivity contribution < 1.29 is 0 Å². The topological polar surface area (TPSA) is 68.0 Å². The van der Waals surface area contributed by atoms with Crippen molar-refractivity contribution in [2.24, 2.45) is 5.10 Å². The molecule has 0 fully saturated rings. The highest BCUT2D eigenvalue weighted by atomic mass is 15.3. The minimum atomic E-state index is 0.495. The number of hydrogen-bond donors (Lipinski definition) is 1. The lowest BCUT2D eigenvalue weighted by Crippen LogP contribution is -2.01. The van der Waals surface area contributed by atoms with Crippen molar-refractivity contribution in [1.29, 1.82) is 0 Å². The van der Waals surface area contributed by atoms with Crippen LogP contribution in [0.15, 0.2) is 41.5 Å². The standard InChI is InChI=1S/C18H20N6/c1-12-10-13(2)21-18(20-12)22-19-11-17-14(3)23-24(15(17)4)16-8-6-5-7-9-16/h5-11H,1-4H3,(H,20,21,22)/b19-11-. The molecule has 0 spiro atoms. The number of para-hydroxylation sites is 1. The van der Waals surface area contributed by atoms with Crippen LogP contribution in [0, 0.1) is 27.7 Å². The molecule has 0 aliphatic heterocycles. The molecule has 0 amide bonds. The van der Waals surface area contributed by atoms with Gasteiger partial charge in [-0.25, -0.2) is 20.1 Å². The number of aryl methyl sites for hydroxylation is 3. The van der Waals surface area contributed by atoms with Gasteiger partial charge in [-0.05, 0) is 45.9 Å². The molecule has 1 N–H and O–H groups in total. The average molecular weight is 320 g/mol. The van der Waals surface area contributed by atoms with Crippen LogP contribution in [0.2, 0.25) is 0 Å². The van der Waals surface area contributed by atoms with E-state index in [4.69, 9.17) is 0 Å². The summed E-state index contributed by atoms with van der Waals surface area (Å²) in [4.78, 5) is 8.61. The second kappa shape index (κ2) is 6.62. The Hall–Kier alpha value is -3.02. The van der Waals surface area contributed by atoms with Crippen molar-refractivity contribution >= 4 is 12.2 Å². The molecule has 1 aromatic carbocycles. The Morgan fingerprint density at radius 3 is 2.33 bits per heavy atom. The van der Waals surface area contributed by atoms with Crippen LogP contribution in [0.4, 0.5) is 5.95 Å². The van der Waals surface area contributed by atoms with Crippen molar-refractivity contribution in [1.82, 2.24) is 19.7 Å². The van der Waals surface area contributed by atoms with Gasteiger partial charge in [0.05, 0.1) is 23.3 Å². The van der Waals surface area contributed by atoms with Crippen molar-refractivity contribution in [2.75, 3.05) is 5.43 Å². The molecule has 0 bridgehead atoms. The highest BCUT2D eigenvalue weighted by Crippen LogP contribution is 2.16. The summed E-state index contributed by atoms with van der Waals surface area (Å²) in [6.07, 6.45) is 1.76. The first-order valence-corrected chi connectivity index (χ1v) is 7.77. The number of benzene rings is 1. The van der Waals surface area contributed by atoms with E-state index in [-0.39, 0.29) is 0 Å². The van der Waals surface area contributed by atoms with Gasteiger partial charge < -0.3 is 0 Å². The van der Waals surface area contributed by atoms with Crippen LogP contribution >= 0.6 is 0 Å². The molecule has 24 heavy (non-hydrogen) atoms. The Morgan fingerprint density at radius 2 is 1.67 bits per heavy atom. The molecule has 3 aromatic rings. The molecule has 6 heteroatoms. The lowest BCUT2D eigenvalue weighted by atomic mass is 10.2. The molecule has 0 aliphatic rings. The lowest BCUT2D eigenvalue weighted by molar-refractivity contribution is 0.833. The van der Waals surface area contributed by atoms with Crippen LogP contribution in [0.5, 0.6) is 0 Å². The van der Waals surface area contributed by atoms with Crippen LogP contribution in [-0.2, 0) is 0 Å². The van der Waals surface area contributed by atoms with Gasteiger partial charge in [0.25, 0.3) is 0 Å². The normalized spacial score (nSPS) is 11.2. The Kier molecular flexibility index (Phi) is 4.37. The van der Waals surface area contributed by atoms with Gasteiger partial charge in [-0.2, -0.15) is 10.2 Å².